The standard InChI is InChI=1S/C14H21NO3S/c1-5-11-10(2)9-12(19-11)14(17)15(3)8-6-7-13(16)18-4/h9H,5-8H2,1-4H3. The first-order valence-corrected chi connectivity index (χ1v) is 7.22. The van der Waals surface area contributed by atoms with Crippen LogP contribution in [0.15, 0.2) is 6.07 Å². The highest BCUT2D eigenvalue weighted by Crippen LogP contribution is 2.23. The van der Waals surface area contributed by atoms with Crippen LogP contribution in [-0.4, -0.2) is 37.5 Å². The summed E-state index contributed by atoms with van der Waals surface area (Å²) < 4.78 is 4.57. The number of rotatable bonds is 6. The molecular formula is C14H21NO3S. The molecule has 0 spiro atoms. The zero-order valence-corrected chi connectivity index (χ0v) is 12.8. The van der Waals surface area contributed by atoms with Crippen LogP contribution in [-0.2, 0) is 16.0 Å². The van der Waals surface area contributed by atoms with Crippen LogP contribution in [0.3, 0.4) is 0 Å². The molecule has 1 aromatic rings. The Morgan fingerprint density at radius 1 is 1.42 bits per heavy atom. The minimum absolute atomic E-state index is 0.0256. The van der Waals surface area contributed by atoms with Gasteiger partial charge in [0.15, 0.2) is 0 Å². The van der Waals surface area contributed by atoms with Gasteiger partial charge in [-0.2, -0.15) is 0 Å². The van der Waals surface area contributed by atoms with E-state index in [0.717, 1.165) is 11.3 Å². The number of amides is 1. The van der Waals surface area contributed by atoms with Gasteiger partial charge < -0.3 is 9.64 Å². The van der Waals surface area contributed by atoms with Gasteiger partial charge in [0, 0.05) is 24.9 Å². The van der Waals surface area contributed by atoms with Crippen LogP contribution in [0.1, 0.15) is 39.9 Å². The minimum Gasteiger partial charge on any atom is -0.469 e. The monoisotopic (exact) mass is 283 g/mol. The number of methoxy groups -OCH3 is 1. The lowest BCUT2D eigenvalue weighted by atomic mass is 10.2. The number of hydrogen-bond donors (Lipinski definition) is 0. The van der Waals surface area contributed by atoms with Gasteiger partial charge in [-0.25, -0.2) is 0 Å². The molecule has 1 amide bonds. The van der Waals surface area contributed by atoms with Crippen LogP contribution in [0.4, 0.5) is 0 Å². The molecule has 0 aromatic carbocycles. The molecule has 5 heteroatoms. The van der Waals surface area contributed by atoms with Crippen LogP contribution < -0.4 is 0 Å². The summed E-state index contributed by atoms with van der Waals surface area (Å²) in [4.78, 5) is 26.9. The highest BCUT2D eigenvalue weighted by atomic mass is 32.1. The zero-order chi connectivity index (χ0) is 14.4. The molecule has 0 saturated heterocycles. The third-order valence-corrected chi connectivity index (χ3v) is 4.37. The van der Waals surface area contributed by atoms with Gasteiger partial charge in [0.2, 0.25) is 0 Å². The number of nitrogens with zero attached hydrogens (tertiary/aromatic N) is 1. The molecule has 1 heterocycles. The maximum Gasteiger partial charge on any atom is 0.305 e. The van der Waals surface area contributed by atoms with Crippen molar-refractivity contribution in [2.45, 2.75) is 33.1 Å². The highest BCUT2D eigenvalue weighted by Gasteiger charge is 2.15. The average molecular weight is 283 g/mol. The quantitative estimate of drug-likeness (QED) is 0.754. The largest absolute Gasteiger partial charge is 0.469 e. The molecule has 1 rings (SSSR count). The Kier molecular flexibility index (Phi) is 6.02. The Morgan fingerprint density at radius 2 is 2.11 bits per heavy atom. The lowest BCUT2D eigenvalue weighted by molar-refractivity contribution is -0.140. The number of esters is 1. The normalized spacial score (nSPS) is 10.3. The number of ether oxygens (including phenoxy) is 1. The van der Waals surface area contributed by atoms with E-state index in [1.807, 2.05) is 13.0 Å². The van der Waals surface area contributed by atoms with Crippen LogP contribution in [0.2, 0.25) is 0 Å². The van der Waals surface area contributed by atoms with Crippen molar-refractivity contribution < 1.29 is 14.3 Å². The molecule has 0 unspecified atom stereocenters. The molecule has 0 aliphatic carbocycles. The van der Waals surface area contributed by atoms with E-state index in [-0.39, 0.29) is 11.9 Å². The fourth-order valence-corrected chi connectivity index (χ4v) is 2.94. The van der Waals surface area contributed by atoms with Crippen molar-refractivity contribution in [3.63, 3.8) is 0 Å². The number of carbonyl (C=O) groups excluding carboxylic acids is 2. The number of aryl methyl sites for hydroxylation is 2. The molecule has 0 N–H and O–H groups in total. The average Bonchev–Trinajstić information content (AvgIpc) is 2.78. The molecule has 0 aliphatic heterocycles. The van der Waals surface area contributed by atoms with Gasteiger partial charge in [-0.15, -0.1) is 11.3 Å². The van der Waals surface area contributed by atoms with E-state index in [1.165, 1.54) is 17.6 Å². The van der Waals surface area contributed by atoms with Gasteiger partial charge >= 0.3 is 5.97 Å². The second-order valence-corrected chi connectivity index (χ2v) is 5.61. The second kappa shape index (κ2) is 7.28. The van der Waals surface area contributed by atoms with Gasteiger partial charge in [0.25, 0.3) is 5.91 Å². The summed E-state index contributed by atoms with van der Waals surface area (Å²) in [5, 5.41) is 0. The Hall–Kier alpha value is -1.36. The first-order valence-electron chi connectivity index (χ1n) is 6.41. The topological polar surface area (TPSA) is 46.6 Å². The fourth-order valence-electron chi connectivity index (χ4n) is 1.83. The molecule has 0 saturated carbocycles. The Morgan fingerprint density at radius 3 is 2.63 bits per heavy atom. The van der Waals surface area contributed by atoms with Gasteiger partial charge in [-0.05, 0) is 31.4 Å². The zero-order valence-electron chi connectivity index (χ0n) is 12.0. The summed E-state index contributed by atoms with van der Waals surface area (Å²) in [6.07, 6.45) is 1.92. The van der Waals surface area contributed by atoms with E-state index in [4.69, 9.17) is 0 Å². The second-order valence-electron chi connectivity index (χ2n) is 4.48. The maximum atomic E-state index is 12.2. The predicted octanol–water partition coefficient (Wildman–Crippen LogP) is 2.64. The molecule has 106 valence electrons. The highest BCUT2D eigenvalue weighted by molar-refractivity contribution is 7.14. The van der Waals surface area contributed by atoms with E-state index in [1.54, 1.807) is 23.3 Å². The molecule has 0 fully saturated rings. The fraction of sp³-hybridized carbons (Fsp3) is 0.571. The molecule has 0 radical (unpaired) electrons. The van der Waals surface area contributed by atoms with Crippen LogP contribution >= 0.6 is 11.3 Å². The molecule has 19 heavy (non-hydrogen) atoms. The summed E-state index contributed by atoms with van der Waals surface area (Å²) in [7, 11) is 3.14. The number of carbonyl (C=O) groups is 2. The van der Waals surface area contributed by atoms with Crippen molar-refractivity contribution >= 4 is 23.2 Å². The van der Waals surface area contributed by atoms with Gasteiger partial charge in [-0.1, -0.05) is 6.92 Å². The summed E-state index contributed by atoms with van der Waals surface area (Å²) in [6.45, 7) is 4.68. The molecule has 0 atom stereocenters. The summed E-state index contributed by atoms with van der Waals surface area (Å²) in [6, 6.07) is 1.95. The molecule has 4 nitrogen and oxygen atoms in total. The van der Waals surface area contributed by atoms with Crippen LogP contribution in [0.5, 0.6) is 0 Å². The van der Waals surface area contributed by atoms with Gasteiger partial charge in [-0.3, -0.25) is 9.59 Å². The van der Waals surface area contributed by atoms with Gasteiger partial charge in [0.1, 0.15) is 0 Å². The van der Waals surface area contributed by atoms with Crippen molar-refractivity contribution in [2.24, 2.45) is 0 Å². The number of thiophene rings is 1. The van der Waals surface area contributed by atoms with E-state index in [2.05, 4.69) is 11.7 Å². The van der Waals surface area contributed by atoms with Gasteiger partial charge in [0.05, 0.1) is 12.0 Å². The maximum absolute atomic E-state index is 12.2. The Bertz CT molecular complexity index is 454. The first kappa shape index (κ1) is 15.7. The van der Waals surface area contributed by atoms with E-state index >= 15 is 0 Å². The lowest BCUT2D eigenvalue weighted by Gasteiger charge is -2.15. The van der Waals surface area contributed by atoms with Crippen molar-refractivity contribution in [1.82, 2.24) is 4.90 Å². The third kappa shape index (κ3) is 4.35. The van der Waals surface area contributed by atoms with E-state index in [9.17, 15) is 9.59 Å². The molecule has 0 aliphatic rings. The van der Waals surface area contributed by atoms with Crippen molar-refractivity contribution in [2.75, 3.05) is 20.7 Å². The number of hydrogen-bond acceptors (Lipinski definition) is 4. The van der Waals surface area contributed by atoms with E-state index < -0.39 is 0 Å². The van der Waals surface area contributed by atoms with Crippen molar-refractivity contribution in [3.05, 3.63) is 21.4 Å². The SMILES string of the molecule is CCc1sc(C(=O)N(C)CCCC(=O)OC)cc1C. The van der Waals surface area contributed by atoms with Crippen molar-refractivity contribution in [1.29, 1.82) is 0 Å². The predicted molar refractivity (Wildman–Crippen MR) is 76.6 cm³/mol. The Balaban J connectivity index is 2.54. The lowest BCUT2D eigenvalue weighted by Crippen LogP contribution is -2.27. The van der Waals surface area contributed by atoms with E-state index in [0.29, 0.717) is 19.4 Å². The van der Waals surface area contributed by atoms with Crippen LogP contribution in [0, 0.1) is 6.92 Å². The molecule has 0 bridgehead atoms. The first-order chi connectivity index (χ1) is 8.99. The summed E-state index contributed by atoms with van der Waals surface area (Å²) in [5.41, 5.74) is 1.18. The van der Waals surface area contributed by atoms with Crippen molar-refractivity contribution in [3.8, 4) is 0 Å². The smallest absolute Gasteiger partial charge is 0.305 e. The summed E-state index contributed by atoms with van der Waals surface area (Å²) in [5.74, 6) is -0.209. The molecular weight excluding hydrogens is 262 g/mol. The Labute approximate surface area is 118 Å². The minimum atomic E-state index is -0.235. The van der Waals surface area contributed by atoms with Crippen LogP contribution in [0.25, 0.3) is 0 Å². The third-order valence-electron chi connectivity index (χ3n) is 3.00. The molecule has 1 aromatic heterocycles. The summed E-state index contributed by atoms with van der Waals surface area (Å²) >= 11 is 1.56.